The standard InChI is InChI=1S/C19H26N4S/c1-20-18(22-14-16-8-3-6-12-21-16)23-15-19(10-4-2-5-11-19)17-9-7-13-24-17/h3,6-9,12-13H,2,4-5,10-11,14-15H2,1H3,(H2,20,22,23). The minimum atomic E-state index is 0.259. The SMILES string of the molecule is CN=C(NCc1ccccn1)NCC1(c2cccs2)CCCCC1. The van der Waals surface area contributed by atoms with E-state index in [2.05, 4.69) is 38.1 Å². The zero-order valence-corrected chi connectivity index (χ0v) is 15.1. The van der Waals surface area contributed by atoms with Crippen molar-refractivity contribution in [3.05, 3.63) is 52.5 Å². The van der Waals surface area contributed by atoms with E-state index < -0.39 is 0 Å². The Morgan fingerprint density at radius 2 is 2.04 bits per heavy atom. The van der Waals surface area contributed by atoms with Crippen molar-refractivity contribution in [3.8, 4) is 0 Å². The summed E-state index contributed by atoms with van der Waals surface area (Å²) < 4.78 is 0. The van der Waals surface area contributed by atoms with E-state index in [4.69, 9.17) is 0 Å². The first kappa shape index (κ1) is 17.0. The molecule has 1 aliphatic carbocycles. The molecular weight excluding hydrogens is 316 g/mol. The Bertz CT molecular complexity index is 631. The second-order valence-electron chi connectivity index (χ2n) is 6.42. The number of nitrogens with zero attached hydrogens (tertiary/aromatic N) is 2. The summed E-state index contributed by atoms with van der Waals surface area (Å²) in [5.74, 6) is 0.849. The highest BCUT2D eigenvalue weighted by molar-refractivity contribution is 7.10. The normalized spacial score (nSPS) is 17.5. The second-order valence-corrected chi connectivity index (χ2v) is 7.37. The molecule has 0 amide bonds. The molecule has 2 aromatic heterocycles. The van der Waals surface area contributed by atoms with Crippen molar-refractivity contribution in [2.24, 2.45) is 4.99 Å². The Labute approximate surface area is 148 Å². The van der Waals surface area contributed by atoms with Crippen LogP contribution in [0.2, 0.25) is 0 Å². The highest BCUT2D eigenvalue weighted by atomic mass is 32.1. The fourth-order valence-electron chi connectivity index (χ4n) is 3.47. The molecule has 5 heteroatoms. The van der Waals surface area contributed by atoms with E-state index in [9.17, 15) is 0 Å². The number of hydrogen-bond acceptors (Lipinski definition) is 3. The Morgan fingerprint density at radius 1 is 1.17 bits per heavy atom. The molecule has 0 radical (unpaired) electrons. The molecule has 1 fully saturated rings. The molecule has 2 aromatic rings. The molecule has 0 saturated heterocycles. The van der Waals surface area contributed by atoms with Crippen LogP contribution in [0.15, 0.2) is 46.9 Å². The highest BCUT2D eigenvalue weighted by Crippen LogP contribution is 2.41. The van der Waals surface area contributed by atoms with E-state index in [-0.39, 0.29) is 5.41 Å². The molecule has 128 valence electrons. The first-order valence-electron chi connectivity index (χ1n) is 8.71. The van der Waals surface area contributed by atoms with Crippen LogP contribution in [0.4, 0.5) is 0 Å². The molecule has 1 saturated carbocycles. The topological polar surface area (TPSA) is 49.3 Å². The molecule has 24 heavy (non-hydrogen) atoms. The molecule has 0 aliphatic heterocycles. The van der Waals surface area contributed by atoms with Crippen molar-refractivity contribution in [1.29, 1.82) is 0 Å². The van der Waals surface area contributed by atoms with Crippen LogP contribution < -0.4 is 10.6 Å². The lowest BCUT2D eigenvalue weighted by molar-refractivity contribution is 0.296. The average molecular weight is 343 g/mol. The number of hydrogen-bond donors (Lipinski definition) is 2. The van der Waals surface area contributed by atoms with Gasteiger partial charge in [0.15, 0.2) is 5.96 Å². The zero-order valence-electron chi connectivity index (χ0n) is 14.3. The maximum atomic E-state index is 4.37. The Hall–Kier alpha value is -1.88. The van der Waals surface area contributed by atoms with Crippen LogP contribution in [-0.2, 0) is 12.0 Å². The molecule has 1 aliphatic rings. The van der Waals surface area contributed by atoms with Gasteiger partial charge in [-0.1, -0.05) is 31.4 Å². The minimum absolute atomic E-state index is 0.259. The van der Waals surface area contributed by atoms with Gasteiger partial charge < -0.3 is 10.6 Å². The Balaban J connectivity index is 1.61. The molecule has 0 spiro atoms. The monoisotopic (exact) mass is 342 g/mol. The summed E-state index contributed by atoms with van der Waals surface area (Å²) in [5.41, 5.74) is 1.28. The smallest absolute Gasteiger partial charge is 0.191 e. The molecule has 0 aromatic carbocycles. The Kier molecular flexibility index (Phi) is 5.86. The van der Waals surface area contributed by atoms with Gasteiger partial charge in [0, 0.05) is 30.1 Å². The van der Waals surface area contributed by atoms with Gasteiger partial charge in [-0.05, 0) is 36.4 Å². The summed E-state index contributed by atoms with van der Waals surface area (Å²) in [6.45, 7) is 1.63. The molecule has 2 N–H and O–H groups in total. The molecule has 0 unspecified atom stereocenters. The number of rotatable bonds is 5. The van der Waals surface area contributed by atoms with Gasteiger partial charge in [-0.3, -0.25) is 9.98 Å². The fraction of sp³-hybridized carbons (Fsp3) is 0.474. The van der Waals surface area contributed by atoms with Crippen molar-refractivity contribution >= 4 is 17.3 Å². The van der Waals surface area contributed by atoms with E-state index in [0.29, 0.717) is 6.54 Å². The van der Waals surface area contributed by atoms with Crippen LogP contribution >= 0.6 is 11.3 Å². The lowest BCUT2D eigenvalue weighted by Gasteiger charge is -2.37. The van der Waals surface area contributed by atoms with Crippen molar-refractivity contribution in [1.82, 2.24) is 15.6 Å². The number of pyridine rings is 1. The number of guanidine groups is 1. The maximum Gasteiger partial charge on any atom is 0.191 e. The van der Waals surface area contributed by atoms with Crippen molar-refractivity contribution in [2.45, 2.75) is 44.1 Å². The summed E-state index contributed by atoms with van der Waals surface area (Å²) in [4.78, 5) is 10.2. The van der Waals surface area contributed by atoms with Crippen LogP contribution in [0.25, 0.3) is 0 Å². The Morgan fingerprint density at radius 3 is 2.71 bits per heavy atom. The molecule has 4 nitrogen and oxygen atoms in total. The summed E-state index contributed by atoms with van der Waals surface area (Å²) >= 11 is 1.89. The molecule has 0 bridgehead atoms. The first-order chi connectivity index (χ1) is 11.8. The lowest BCUT2D eigenvalue weighted by Crippen LogP contribution is -2.46. The second kappa shape index (κ2) is 8.29. The van der Waals surface area contributed by atoms with Crippen LogP contribution in [0.5, 0.6) is 0 Å². The van der Waals surface area contributed by atoms with Crippen LogP contribution in [0.3, 0.4) is 0 Å². The minimum Gasteiger partial charge on any atom is -0.355 e. The third kappa shape index (κ3) is 4.15. The van der Waals surface area contributed by atoms with E-state index in [1.165, 1.54) is 37.0 Å². The number of thiophene rings is 1. The van der Waals surface area contributed by atoms with E-state index in [1.54, 1.807) is 0 Å². The fourth-order valence-corrected chi connectivity index (χ4v) is 4.46. The average Bonchev–Trinajstić information content (AvgIpc) is 3.19. The molecule has 2 heterocycles. The predicted octanol–water partition coefficient (Wildman–Crippen LogP) is 3.71. The van der Waals surface area contributed by atoms with Gasteiger partial charge in [-0.25, -0.2) is 0 Å². The van der Waals surface area contributed by atoms with E-state index in [1.807, 2.05) is 42.8 Å². The number of nitrogens with one attached hydrogen (secondary N) is 2. The van der Waals surface area contributed by atoms with Gasteiger partial charge in [0.2, 0.25) is 0 Å². The summed E-state index contributed by atoms with van der Waals surface area (Å²) in [7, 11) is 1.83. The van der Waals surface area contributed by atoms with Gasteiger partial charge in [0.05, 0.1) is 12.2 Å². The number of aromatic nitrogens is 1. The number of aliphatic imine (C=N–C) groups is 1. The molecule has 3 rings (SSSR count). The van der Waals surface area contributed by atoms with Gasteiger partial charge in [0.1, 0.15) is 0 Å². The predicted molar refractivity (Wildman–Crippen MR) is 102 cm³/mol. The van der Waals surface area contributed by atoms with Crippen molar-refractivity contribution in [3.63, 3.8) is 0 Å². The van der Waals surface area contributed by atoms with Gasteiger partial charge in [-0.15, -0.1) is 11.3 Å². The van der Waals surface area contributed by atoms with Crippen molar-refractivity contribution < 1.29 is 0 Å². The summed E-state index contributed by atoms with van der Waals surface area (Å²) in [6, 6.07) is 10.4. The van der Waals surface area contributed by atoms with Crippen molar-refractivity contribution in [2.75, 3.05) is 13.6 Å². The molecule has 0 atom stereocenters. The third-order valence-electron chi connectivity index (χ3n) is 4.84. The lowest BCUT2D eigenvalue weighted by atomic mass is 9.73. The summed E-state index contributed by atoms with van der Waals surface area (Å²) in [6.07, 6.45) is 8.34. The van der Waals surface area contributed by atoms with Gasteiger partial charge in [0.25, 0.3) is 0 Å². The third-order valence-corrected chi connectivity index (χ3v) is 5.95. The van der Waals surface area contributed by atoms with Gasteiger partial charge >= 0.3 is 0 Å². The summed E-state index contributed by atoms with van der Waals surface area (Å²) in [5, 5.41) is 9.12. The van der Waals surface area contributed by atoms with Gasteiger partial charge in [-0.2, -0.15) is 0 Å². The zero-order chi connectivity index (χ0) is 16.7. The first-order valence-corrected chi connectivity index (χ1v) is 9.59. The highest BCUT2D eigenvalue weighted by Gasteiger charge is 2.34. The van der Waals surface area contributed by atoms with Crippen LogP contribution in [0.1, 0.15) is 42.7 Å². The van der Waals surface area contributed by atoms with Crippen LogP contribution in [0, 0.1) is 0 Å². The van der Waals surface area contributed by atoms with E-state index >= 15 is 0 Å². The quantitative estimate of drug-likeness (QED) is 0.643. The maximum absolute atomic E-state index is 4.37. The largest absolute Gasteiger partial charge is 0.355 e. The van der Waals surface area contributed by atoms with E-state index in [0.717, 1.165) is 18.2 Å². The molecular formula is C19H26N4S. The van der Waals surface area contributed by atoms with Crippen LogP contribution in [-0.4, -0.2) is 24.5 Å².